The van der Waals surface area contributed by atoms with Crippen molar-refractivity contribution in [2.45, 2.75) is 17.7 Å². The second-order valence-electron chi connectivity index (χ2n) is 5.61. The first-order valence-electron chi connectivity index (χ1n) is 7.04. The average Bonchev–Trinajstić information content (AvgIpc) is 3.07. The van der Waals surface area contributed by atoms with E-state index in [4.69, 9.17) is 4.42 Å². The Morgan fingerprint density at radius 1 is 1.14 bits per heavy atom. The molecule has 1 heterocycles. The first-order chi connectivity index (χ1) is 10.2. The summed E-state index contributed by atoms with van der Waals surface area (Å²) in [6.07, 6.45) is 2.17. The van der Waals surface area contributed by atoms with Crippen LogP contribution in [0.1, 0.15) is 21.5 Å². The van der Waals surface area contributed by atoms with Gasteiger partial charge in [-0.25, -0.2) is 4.79 Å². The number of aromatic amines is 1. The molecule has 1 unspecified atom stereocenters. The van der Waals surface area contributed by atoms with Crippen LogP contribution in [0, 0.1) is 5.92 Å². The van der Waals surface area contributed by atoms with E-state index in [1.165, 1.54) is 11.1 Å². The van der Waals surface area contributed by atoms with E-state index in [0.29, 0.717) is 11.5 Å². The lowest BCUT2D eigenvalue weighted by molar-refractivity contribution is 0.546. The standard InChI is InChI=1S/C17H14BrNO2/c18-16(13-7-10-3-1-2-4-11(10)8-13)12-5-6-14-15(9-12)21-17(20)19-14/h1-6,9,13,16H,7-8H2,(H,19,20). The Bertz CT molecular complexity index is 839. The number of H-pyrrole nitrogens is 1. The molecule has 0 bridgehead atoms. The van der Waals surface area contributed by atoms with E-state index in [2.05, 4.69) is 51.2 Å². The number of oxazole rings is 1. The number of nitrogens with one attached hydrogen (secondary N) is 1. The van der Waals surface area contributed by atoms with Gasteiger partial charge in [0.05, 0.1) is 5.52 Å². The van der Waals surface area contributed by atoms with Crippen LogP contribution in [0.4, 0.5) is 0 Å². The molecule has 1 aromatic heterocycles. The second-order valence-corrected chi connectivity index (χ2v) is 6.60. The maximum absolute atomic E-state index is 11.2. The van der Waals surface area contributed by atoms with Crippen LogP contribution >= 0.6 is 15.9 Å². The molecular weight excluding hydrogens is 330 g/mol. The molecule has 0 spiro atoms. The molecule has 1 aliphatic rings. The lowest BCUT2D eigenvalue weighted by atomic mass is 9.96. The van der Waals surface area contributed by atoms with E-state index in [0.717, 1.165) is 23.9 Å². The lowest BCUT2D eigenvalue weighted by Gasteiger charge is -2.17. The van der Waals surface area contributed by atoms with Crippen LogP contribution in [-0.2, 0) is 12.8 Å². The molecular formula is C17H14BrNO2. The molecule has 0 radical (unpaired) electrons. The van der Waals surface area contributed by atoms with Gasteiger partial charge in [-0.1, -0.05) is 46.3 Å². The van der Waals surface area contributed by atoms with E-state index >= 15 is 0 Å². The number of hydrogen-bond donors (Lipinski definition) is 1. The molecule has 21 heavy (non-hydrogen) atoms. The smallest absolute Gasteiger partial charge is 0.408 e. The van der Waals surface area contributed by atoms with Crippen molar-refractivity contribution < 1.29 is 4.42 Å². The van der Waals surface area contributed by atoms with E-state index in [1.54, 1.807) is 0 Å². The van der Waals surface area contributed by atoms with E-state index in [9.17, 15) is 4.79 Å². The van der Waals surface area contributed by atoms with Crippen molar-refractivity contribution in [3.8, 4) is 0 Å². The number of hydrogen-bond acceptors (Lipinski definition) is 2. The third-order valence-corrected chi connectivity index (χ3v) is 5.54. The number of rotatable bonds is 2. The van der Waals surface area contributed by atoms with Crippen molar-refractivity contribution in [2.24, 2.45) is 5.92 Å². The fourth-order valence-corrected chi connectivity index (χ4v) is 3.86. The number of alkyl halides is 1. The summed E-state index contributed by atoms with van der Waals surface area (Å²) in [6, 6.07) is 14.5. The van der Waals surface area contributed by atoms with Crippen LogP contribution in [-0.4, -0.2) is 4.98 Å². The van der Waals surface area contributed by atoms with Gasteiger partial charge in [-0.05, 0) is 47.6 Å². The fraction of sp³-hybridized carbons (Fsp3) is 0.235. The molecule has 0 fully saturated rings. The minimum absolute atomic E-state index is 0.259. The SMILES string of the molecule is O=c1[nH]c2ccc(C(Br)C3Cc4ccccc4C3)cc2o1. The van der Waals surface area contributed by atoms with Crippen molar-refractivity contribution in [3.05, 3.63) is 69.7 Å². The number of benzene rings is 2. The van der Waals surface area contributed by atoms with Crippen LogP contribution in [0.15, 0.2) is 51.7 Å². The maximum atomic E-state index is 11.2. The van der Waals surface area contributed by atoms with Gasteiger partial charge in [0.2, 0.25) is 0 Å². The Hall–Kier alpha value is -1.81. The molecule has 0 saturated heterocycles. The molecule has 0 aliphatic heterocycles. The molecule has 1 N–H and O–H groups in total. The van der Waals surface area contributed by atoms with Crippen LogP contribution in [0.25, 0.3) is 11.1 Å². The summed E-state index contributed by atoms with van der Waals surface area (Å²) < 4.78 is 5.15. The molecule has 3 nitrogen and oxygen atoms in total. The fourth-order valence-electron chi connectivity index (χ4n) is 3.21. The summed E-state index contributed by atoms with van der Waals surface area (Å²) in [6.45, 7) is 0. The molecule has 0 amide bonds. The van der Waals surface area contributed by atoms with Crippen molar-refractivity contribution in [2.75, 3.05) is 0 Å². The van der Waals surface area contributed by atoms with Crippen LogP contribution < -0.4 is 5.76 Å². The van der Waals surface area contributed by atoms with Crippen molar-refractivity contribution in [1.82, 2.24) is 4.98 Å². The normalized spacial score (nSPS) is 16.2. The van der Waals surface area contributed by atoms with Gasteiger partial charge in [0, 0.05) is 4.83 Å². The minimum Gasteiger partial charge on any atom is -0.408 e. The van der Waals surface area contributed by atoms with Gasteiger partial charge in [-0.3, -0.25) is 4.98 Å². The first-order valence-corrected chi connectivity index (χ1v) is 7.96. The van der Waals surface area contributed by atoms with E-state index in [1.807, 2.05) is 12.1 Å². The molecule has 106 valence electrons. The topological polar surface area (TPSA) is 46.0 Å². The summed E-state index contributed by atoms with van der Waals surface area (Å²) in [5.41, 5.74) is 5.42. The summed E-state index contributed by atoms with van der Waals surface area (Å²) >= 11 is 3.83. The highest BCUT2D eigenvalue weighted by molar-refractivity contribution is 9.09. The van der Waals surface area contributed by atoms with Crippen molar-refractivity contribution >= 4 is 27.0 Å². The molecule has 4 heteroatoms. The summed E-state index contributed by atoms with van der Waals surface area (Å²) in [5, 5.41) is 0. The van der Waals surface area contributed by atoms with Crippen LogP contribution in [0.2, 0.25) is 0 Å². The Morgan fingerprint density at radius 2 is 1.86 bits per heavy atom. The van der Waals surface area contributed by atoms with E-state index < -0.39 is 5.76 Å². The Morgan fingerprint density at radius 3 is 2.57 bits per heavy atom. The maximum Gasteiger partial charge on any atom is 0.417 e. The van der Waals surface area contributed by atoms with E-state index in [-0.39, 0.29) is 4.83 Å². The molecule has 0 saturated carbocycles. The largest absolute Gasteiger partial charge is 0.417 e. The van der Waals surface area contributed by atoms with Gasteiger partial charge >= 0.3 is 5.76 Å². The third kappa shape index (κ3) is 2.23. The number of fused-ring (bicyclic) bond motifs is 2. The second kappa shape index (κ2) is 4.88. The quantitative estimate of drug-likeness (QED) is 0.715. The molecule has 1 atom stereocenters. The zero-order valence-corrected chi connectivity index (χ0v) is 12.9. The predicted molar refractivity (Wildman–Crippen MR) is 85.8 cm³/mol. The highest BCUT2D eigenvalue weighted by Gasteiger charge is 2.28. The molecule has 3 aromatic rings. The van der Waals surface area contributed by atoms with Gasteiger partial charge in [0.1, 0.15) is 0 Å². The van der Waals surface area contributed by atoms with Gasteiger partial charge in [-0.15, -0.1) is 0 Å². The molecule has 4 rings (SSSR count). The Balaban J connectivity index is 1.65. The third-order valence-electron chi connectivity index (χ3n) is 4.26. The summed E-state index contributed by atoms with van der Waals surface area (Å²) in [7, 11) is 0. The Labute approximate surface area is 130 Å². The van der Waals surface area contributed by atoms with Gasteiger partial charge in [0.15, 0.2) is 5.58 Å². The van der Waals surface area contributed by atoms with Crippen molar-refractivity contribution in [3.63, 3.8) is 0 Å². The lowest BCUT2D eigenvalue weighted by Crippen LogP contribution is -2.07. The number of halogens is 1. The van der Waals surface area contributed by atoms with Gasteiger partial charge in [0.25, 0.3) is 0 Å². The summed E-state index contributed by atoms with van der Waals surface area (Å²) in [5.74, 6) is 0.132. The summed E-state index contributed by atoms with van der Waals surface area (Å²) in [4.78, 5) is 14.2. The zero-order chi connectivity index (χ0) is 14.4. The molecule has 2 aromatic carbocycles. The average molecular weight is 344 g/mol. The first kappa shape index (κ1) is 12.9. The highest BCUT2D eigenvalue weighted by Crippen LogP contribution is 2.40. The molecule has 1 aliphatic carbocycles. The monoisotopic (exact) mass is 343 g/mol. The zero-order valence-electron chi connectivity index (χ0n) is 11.3. The highest BCUT2D eigenvalue weighted by atomic mass is 79.9. The minimum atomic E-state index is -0.401. The number of aromatic nitrogens is 1. The van der Waals surface area contributed by atoms with Crippen molar-refractivity contribution in [1.29, 1.82) is 0 Å². The van der Waals surface area contributed by atoms with Crippen LogP contribution in [0.5, 0.6) is 0 Å². The van der Waals surface area contributed by atoms with Gasteiger partial charge in [-0.2, -0.15) is 0 Å². The Kier molecular flexibility index (Phi) is 3.00. The predicted octanol–water partition coefficient (Wildman–Crippen LogP) is 3.97. The van der Waals surface area contributed by atoms with Crippen LogP contribution in [0.3, 0.4) is 0 Å². The van der Waals surface area contributed by atoms with Gasteiger partial charge < -0.3 is 4.42 Å².